The quantitative estimate of drug-likeness (QED) is 0.768. The first-order valence-electron chi connectivity index (χ1n) is 9.45. The normalized spacial score (nSPS) is 15.4. The van der Waals surface area contributed by atoms with Crippen LogP contribution in [0.3, 0.4) is 0 Å². The lowest BCUT2D eigenvalue weighted by Crippen LogP contribution is -2.44. The summed E-state index contributed by atoms with van der Waals surface area (Å²) in [5.74, 6) is 0.591. The molecule has 29 heavy (non-hydrogen) atoms. The molecule has 1 saturated heterocycles. The van der Waals surface area contributed by atoms with Gasteiger partial charge in [-0.05, 0) is 42.7 Å². The molecule has 2 aromatic rings. The lowest BCUT2D eigenvalue weighted by atomic mass is 9.74. The van der Waals surface area contributed by atoms with Crippen molar-refractivity contribution in [3.63, 3.8) is 0 Å². The molecule has 1 amide bonds. The molecule has 0 unspecified atom stereocenters. The summed E-state index contributed by atoms with van der Waals surface area (Å²) < 4.78 is 35.0. The Morgan fingerprint density at radius 1 is 1.00 bits per heavy atom. The van der Waals surface area contributed by atoms with Crippen molar-refractivity contribution in [1.82, 2.24) is 5.32 Å². The molecule has 1 aliphatic heterocycles. The smallest absolute Gasteiger partial charge is 0.255 e. The second-order valence-electron chi connectivity index (χ2n) is 6.96. The van der Waals surface area contributed by atoms with E-state index in [4.69, 9.17) is 18.9 Å². The Morgan fingerprint density at radius 3 is 2.24 bits per heavy atom. The van der Waals surface area contributed by atoms with Gasteiger partial charge in [-0.15, -0.1) is 0 Å². The fourth-order valence-electron chi connectivity index (χ4n) is 3.76. The number of nitrogens with one attached hydrogen (secondary N) is 1. The number of carbonyl (C=O) groups excluding carboxylic acids is 1. The summed E-state index contributed by atoms with van der Waals surface area (Å²) in [4.78, 5) is 13.0. The van der Waals surface area contributed by atoms with Crippen LogP contribution in [-0.4, -0.2) is 47.0 Å². The number of methoxy groups -OCH3 is 3. The standard InChI is InChI=1S/C22H26FNO5/c1-26-18-9-8-17(19(27-2)20(18)28-3)21(25)24-14-22(10-12-29-13-11-22)15-4-6-16(23)7-5-15/h4-9H,10-14H2,1-3H3,(H,24,25). The molecular weight excluding hydrogens is 377 g/mol. The third-order valence-electron chi connectivity index (χ3n) is 5.44. The van der Waals surface area contributed by atoms with Gasteiger partial charge in [0.25, 0.3) is 5.91 Å². The van der Waals surface area contributed by atoms with Gasteiger partial charge < -0.3 is 24.3 Å². The van der Waals surface area contributed by atoms with Crippen molar-refractivity contribution < 1.29 is 28.1 Å². The Morgan fingerprint density at radius 2 is 1.66 bits per heavy atom. The van der Waals surface area contributed by atoms with E-state index < -0.39 is 0 Å². The summed E-state index contributed by atoms with van der Waals surface area (Å²) in [7, 11) is 4.49. The van der Waals surface area contributed by atoms with E-state index in [9.17, 15) is 9.18 Å². The van der Waals surface area contributed by atoms with Crippen molar-refractivity contribution in [3.8, 4) is 17.2 Å². The fourth-order valence-corrected chi connectivity index (χ4v) is 3.76. The first-order chi connectivity index (χ1) is 14.0. The van der Waals surface area contributed by atoms with Gasteiger partial charge in [0.1, 0.15) is 5.82 Å². The number of amides is 1. The van der Waals surface area contributed by atoms with Gasteiger partial charge in [-0.3, -0.25) is 4.79 Å². The monoisotopic (exact) mass is 403 g/mol. The van der Waals surface area contributed by atoms with E-state index in [-0.39, 0.29) is 17.1 Å². The first-order valence-corrected chi connectivity index (χ1v) is 9.45. The van der Waals surface area contributed by atoms with Crippen LogP contribution in [0.25, 0.3) is 0 Å². The van der Waals surface area contributed by atoms with E-state index >= 15 is 0 Å². The van der Waals surface area contributed by atoms with Crippen molar-refractivity contribution in [1.29, 1.82) is 0 Å². The molecule has 1 heterocycles. The van der Waals surface area contributed by atoms with Crippen LogP contribution >= 0.6 is 0 Å². The lowest BCUT2D eigenvalue weighted by Gasteiger charge is -2.38. The van der Waals surface area contributed by atoms with Crippen molar-refractivity contribution in [2.75, 3.05) is 41.1 Å². The maximum atomic E-state index is 13.4. The van der Waals surface area contributed by atoms with Crippen LogP contribution in [0.15, 0.2) is 36.4 Å². The van der Waals surface area contributed by atoms with E-state index in [2.05, 4.69) is 5.32 Å². The lowest BCUT2D eigenvalue weighted by molar-refractivity contribution is 0.0486. The highest BCUT2D eigenvalue weighted by molar-refractivity contribution is 5.98. The van der Waals surface area contributed by atoms with Crippen LogP contribution in [-0.2, 0) is 10.2 Å². The van der Waals surface area contributed by atoms with Crippen LogP contribution in [0.4, 0.5) is 4.39 Å². The average Bonchev–Trinajstić information content (AvgIpc) is 2.77. The predicted molar refractivity (Wildman–Crippen MR) is 107 cm³/mol. The van der Waals surface area contributed by atoms with E-state index in [1.807, 2.05) is 0 Å². The summed E-state index contributed by atoms with van der Waals surface area (Å²) in [6, 6.07) is 9.77. The number of halogens is 1. The molecule has 0 atom stereocenters. The maximum absolute atomic E-state index is 13.4. The van der Waals surface area contributed by atoms with E-state index in [1.165, 1.54) is 33.5 Å². The molecule has 156 valence electrons. The highest BCUT2D eigenvalue weighted by Crippen LogP contribution is 2.40. The third kappa shape index (κ3) is 4.29. The van der Waals surface area contributed by atoms with Gasteiger partial charge in [-0.2, -0.15) is 0 Å². The van der Waals surface area contributed by atoms with Gasteiger partial charge in [0.05, 0.1) is 26.9 Å². The molecule has 0 spiro atoms. The van der Waals surface area contributed by atoms with Crippen LogP contribution in [0, 0.1) is 5.82 Å². The molecule has 0 aromatic heterocycles. The number of benzene rings is 2. The molecule has 2 aromatic carbocycles. The minimum atomic E-state index is -0.314. The molecular formula is C22H26FNO5. The molecule has 1 aliphatic rings. The molecule has 3 rings (SSSR count). The summed E-state index contributed by atoms with van der Waals surface area (Å²) in [5, 5.41) is 3.02. The van der Waals surface area contributed by atoms with Crippen molar-refractivity contribution in [3.05, 3.63) is 53.3 Å². The minimum absolute atomic E-state index is 0.282. The number of hydrogen-bond acceptors (Lipinski definition) is 5. The molecule has 6 nitrogen and oxygen atoms in total. The van der Waals surface area contributed by atoms with Gasteiger partial charge in [0, 0.05) is 25.2 Å². The van der Waals surface area contributed by atoms with Gasteiger partial charge in [-0.25, -0.2) is 4.39 Å². The largest absolute Gasteiger partial charge is 0.493 e. The first kappa shape index (κ1) is 20.9. The maximum Gasteiger partial charge on any atom is 0.255 e. The number of ether oxygens (including phenoxy) is 4. The fraction of sp³-hybridized carbons (Fsp3) is 0.409. The zero-order chi connectivity index (χ0) is 20.9. The van der Waals surface area contributed by atoms with Gasteiger partial charge in [0.2, 0.25) is 5.75 Å². The molecule has 0 saturated carbocycles. The second kappa shape index (κ2) is 9.13. The van der Waals surface area contributed by atoms with Gasteiger partial charge in [0.15, 0.2) is 11.5 Å². The Kier molecular flexibility index (Phi) is 6.59. The van der Waals surface area contributed by atoms with E-state index in [0.717, 1.165) is 18.4 Å². The molecule has 0 aliphatic carbocycles. The highest BCUT2D eigenvalue weighted by atomic mass is 19.1. The minimum Gasteiger partial charge on any atom is -0.493 e. The summed E-state index contributed by atoms with van der Waals surface area (Å²) in [6.45, 7) is 1.58. The van der Waals surface area contributed by atoms with Crippen LogP contribution < -0.4 is 19.5 Å². The Balaban J connectivity index is 1.85. The van der Waals surface area contributed by atoms with Crippen molar-refractivity contribution in [2.24, 2.45) is 0 Å². The van der Waals surface area contributed by atoms with Crippen LogP contribution in [0.1, 0.15) is 28.8 Å². The average molecular weight is 403 g/mol. The van der Waals surface area contributed by atoms with Crippen LogP contribution in [0.2, 0.25) is 0 Å². The number of carbonyl (C=O) groups is 1. The third-order valence-corrected chi connectivity index (χ3v) is 5.44. The van der Waals surface area contributed by atoms with Gasteiger partial charge >= 0.3 is 0 Å². The molecule has 1 fully saturated rings. The SMILES string of the molecule is COc1ccc(C(=O)NCC2(c3ccc(F)cc3)CCOCC2)c(OC)c1OC. The number of rotatable bonds is 7. The van der Waals surface area contributed by atoms with Gasteiger partial charge in [-0.1, -0.05) is 12.1 Å². The highest BCUT2D eigenvalue weighted by Gasteiger charge is 2.35. The molecule has 1 N–H and O–H groups in total. The number of hydrogen-bond donors (Lipinski definition) is 1. The Bertz CT molecular complexity index is 847. The Hall–Kier alpha value is -2.80. The molecule has 0 bridgehead atoms. The molecule has 7 heteroatoms. The zero-order valence-corrected chi connectivity index (χ0v) is 16.9. The second-order valence-corrected chi connectivity index (χ2v) is 6.96. The summed E-state index contributed by atoms with van der Waals surface area (Å²) >= 11 is 0. The molecule has 0 radical (unpaired) electrons. The predicted octanol–water partition coefficient (Wildman–Crippen LogP) is 3.33. The topological polar surface area (TPSA) is 66.0 Å². The zero-order valence-electron chi connectivity index (χ0n) is 16.9. The van der Waals surface area contributed by atoms with E-state index in [0.29, 0.717) is 42.6 Å². The van der Waals surface area contributed by atoms with E-state index in [1.54, 1.807) is 24.3 Å². The van der Waals surface area contributed by atoms with Crippen molar-refractivity contribution in [2.45, 2.75) is 18.3 Å². The summed E-state index contributed by atoms with van der Waals surface area (Å²) in [5.41, 5.74) is 1.03. The van der Waals surface area contributed by atoms with Crippen molar-refractivity contribution >= 4 is 5.91 Å². The summed E-state index contributed by atoms with van der Waals surface area (Å²) in [6.07, 6.45) is 1.48. The Labute approximate surface area is 169 Å². The van der Waals surface area contributed by atoms with Crippen LogP contribution in [0.5, 0.6) is 17.2 Å².